The summed E-state index contributed by atoms with van der Waals surface area (Å²) in [5.41, 5.74) is 5.06. The molecule has 2 rings (SSSR count). The molecule has 1 heterocycles. The third-order valence-electron chi connectivity index (χ3n) is 2.73. The van der Waals surface area contributed by atoms with Gasteiger partial charge >= 0.3 is 0 Å². The van der Waals surface area contributed by atoms with Gasteiger partial charge in [-0.15, -0.1) is 0 Å². The van der Waals surface area contributed by atoms with Crippen LogP contribution in [0.3, 0.4) is 0 Å². The van der Waals surface area contributed by atoms with E-state index >= 15 is 0 Å². The molecule has 1 aromatic carbocycles. The van der Waals surface area contributed by atoms with Crippen molar-refractivity contribution in [1.29, 1.82) is 0 Å². The molecule has 3 heteroatoms. The SMILES string of the molecule is Cc1ccc(NC=O)cc1-c1ncccc1C. The fourth-order valence-electron chi connectivity index (χ4n) is 1.80. The number of carbonyl (C=O) groups excluding carboxylic acids is 1. The fourth-order valence-corrected chi connectivity index (χ4v) is 1.80. The number of pyridine rings is 1. The lowest BCUT2D eigenvalue weighted by molar-refractivity contribution is -0.105. The second kappa shape index (κ2) is 4.78. The van der Waals surface area contributed by atoms with Gasteiger partial charge in [-0.1, -0.05) is 12.1 Å². The van der Waals surface area contributed by atoms with E-state index in [1.807, 2.05) is 44.2 Å². The molecule has 0 bridgehead atoms. The average Bonchev–Trinajstić information content (AvgIpc) is 2.33. The van der Waals surface area contributed by atoms with E-state index in [-0.39, 0.29) is 0 Å². The van der Waals surface area contributed by atoms with Crippen molar-refractivity contribution in [2.75, 3.05) is 5.32 Å². The molecule has 1 N–H and O–H groups in total. The van der Waals surface area contributed by atoms with Crippen LogP contribution in [0.1, 0.15) is 11.1 Å². The van der Waals surface area contributed by atoms with Crippen molar-refractivity contribution in [1.82, 2.24) is 4.98 Å². The van der Waals surface area contributed by atoms with Crippen molar-refractivity contribution in [3.63, 3.8) is 0 Å². The van der Waals surface area contributed by atoms with E-state index in [1.165, 1.54) is 0 Å². The number of hydrogen-bond donors (Lipinski definition) is 1. The van der Waals surface area contributed by atoms with Gasteiger partial charge in [0.25, 0.3) is 0 Å². The van der Waals surface area contributed by atoms with Gasteiger partial charge in [-0.3, -0.25) is 9.78 Å². The Kier molecular flexibility index (Phi) is 3.19. The zero-order chi connectivity index (χ0) is 12.3. The number of carbonyl (C=O) groups is 1. The van der Waals surface area contributed by atoms with Gasteiger partial charge in [-0.05, 0) is 43.2 Å². The lowest BCUT2D eigenvalue weighted by atomic mass is 10.0. The van der Waals surface area contributed by atoms with Crippen LogP contribution in [0.4, 0.5) is 5.69 Å². The predicted octanol–water partition coefficient (Wildman–Crippen LogP) is 2.93. The largest absolute Gasteiger partial charge is 0.329 e. The van der Waals surface area contributed by atoms with E-state index in [0.717, 1.165) is 28.1 Å². The summed E-state index contributed by atoms with van der Waals surface area (Å²) in [4.78, 5) is 14.8. The Morgan fingerprint density at radius 1 is 1.18 bits per heavy atom. The molecule has 0 aliphatic heterocycles. The molecule has 3 nitrogen and oxygen atoms in total. The van der Waals surface area contributed by atoms with E-state index in [1.54, 1.807) is 6.20 Å². The van der Waals surface area contributed by atoms with Crippen molar-refractivity contribution in [2.24, 2.45) is 0 Å². The molecular weight excluding hydrogens is 212 g/mol. The first-order valence-electron chi connectivity index (χ1n) is 5.45. The maximum absolute atomic E-state index is 10.4. The molecule has 0 aliphatic carbocycles. The normalized spacial score (nSPS) is 10.0. The second-order valence-electron chi connectivity index (χ2n) is 3.96. The monoisotopic (exact) mass is 226 g/mol. The molecule has 0 radical (unpaired) electrons. The molecule has 1 amide bonds. The van der Waals surface area contributed by atoms with E-state index in [2.05, 4.69) is 10.3 Å². The number of hydrogen-bond acceptors (Lipinski definition) is 2. The summed E-state index contributed by atoms with van der Waals surface area (Å²) in [7, 11) is 0. The van der Waals surface area contributed by atoms with Crippen molar-refractivity contribution in [3.05, 3.63) is 47.7 Å². The third kappa shape index (κ3) is 2.33. The number of aryl methyl sites for hydroxylation is 2. The number of nitrogens with one attached hydrogen (secondary N) is 1. The smallest absolute Gasteiger partial charge is 0.211 e. The molecule has 2 aromatic rings. The fraction of sp³-hybridized carbons (Fsp3) is 0.143. The zero-order valence-electron chi connectivity index (χ0n) is 9.90. The Labute approximate surface area is 101 Å². The van der Waals surface area contributed by atoms with Crippen LogP contribution >= 0.6 is 0 Å². The molecule has 17 heavy (non-hydrogen) atoms. The summed E-state index contributed by atoms with van der Waals surface area (Å²) in [6.45, 7) is 4.07. The van der Waals surface area contributed by atoms with Gasteiger partial charge in [0.15, 0.2) is 0 Å². The minimum atomic E-state index is 0.680. The third-order valence-corrected chi connectivity index (χ3v) is 2.73. The Bertz CT molecular complexity index is 550. The minimum absolute atomic E-state index is 0.680. The molecule has 86 valence electrons. The maximum atomic E-state index is 10.4. The molecule has 0 saturated heterocycles. The highest BCUT2D eigenvalue weighted by Gasteiger charge is 2.06. The summed E-state index contributed by atoms with van der Waals surface area (Å²) in [6, 6.07) is 9.75. The number of aromatic nitrogens is 1. The molecule has 1 aromatic heterocycles. The molecule has 0 aliphatic rings. The van der Waals surface area contributed by atoms with Crippen LogP contribution in [0.5, 0.6) is 0 Å². The Morgan fingerprint density at radius 2 is 2.00 bits per heavy atom. The van der Waals surface area contributed by atoms with Gasteiger partial charge in [0, 0.05) is 17.4 Å². The molecule has 0 saturated carbocycles. The summed E-state index contributed by atoms with van der Waals surface area (Å²) < 4.78 is 0. The molecule has 0 fully saturated rings. The van der Waals surface area contributed by atoms with Gasteiger partial charge in [0.1, 0.15) is 0 Å². The highest BCUT2D eigenvalue weighted by Crippen LogP contribution is 2.26. The summed E-state index contributed by atoms with van der Waals surface area (Å²) in [6.07, 6.45) is 2.46. The zero-order valence-corrected chi connectivity index (χ0v) is 9.90. The standard InChI is InChI=1S/C14H14N2O/c1-10-5-6-12(16-9-17)8-13(10)14-11(2)4-3-7-15-14/h3-9H,1-2H3,(H,16,17). The van der Waals surface area contributed by atoms with Crippen LogP contribution in [0.25, 0.3) is 11.3 Å². The predicted molar refractivity (Wildman–Crippen MR) is 68.8 cm³/mol. The van der Waals surface area contributed by atoms with Gasteiger partial charge < -0.3 is 5.32 Å². The van der Waals surface area contributed by atoms with Crippen LogP contribution in [0, 0.1) is 13.8 Å². The number of anilines is 1. The minimum Gasteiger partial charge on any atom is -0.329 e. The summed E-state index contributed by atoms with van der Waals surface area (Å²) in [5, 5.41) is 2.66. The molecular formula is C14H14N2O. The Balaban J connectivity index is 2.54. The molecule has 0 spiro atoms. The van der Waals surface area contributed by atoms with Crippen LogP contribution in [-0.4, -0.2) is 11.4 Å². The van der Waals surface area contributed by atoms with E-state index in [4.69, 9.17) is 0 Å². The first kappa shape index (κ1) is 11.3. The van der Waals surface area contributed by atoms with Crippen molar-refractivity contribution < 1.29 is 4.79 Å². The van der Waals surface area contributed by atoms with E-state index < -0.39 is 0 Å². The lowest BCUT2D eigenvalue weighted by Gasteiger charge is -2.09. The molecule has 0 unspecified atom stereocenters. The summed E-state index contributed by atoms with van der Waals surface area (Å²) in [5.74, 6) is 0. The van der Waals surface area contributed by atoms with Gasteiger partial charge in [0.2, 0.25) is 6.41 Å². The molecule has 0 atom stereocenters. The lowest BCUT2D eigenvalue weighted by Crippen LogP contribution is -1.96. The summed E-state index contributed by atoms with van der Waals surface area (Å²) >= 11 is 0. The van der Waals surface area contributed by atoms with Crippen LogP contribution in [-0.2, 0) is 4.79 Å². The van der Waals surface area contributed by atoms with Crippen molar-refractivity contribution in [2.45, 2.75) is 13.8 Å². The first-order chi connectivity index (χ1) is 8.22. The number of rotatable bonds is 3. The number of nitrogens with zero attached hydrogens (tertiary/aromatic N) is 1. The van der Waals surface area contributed by atoms with E-state index in [9.17, 15) is 4.79 Å². The van der Waals surface area contributed by atoms with Crippen molar-refractivity contribution in [3.8, 4) is 11.3 Å². The highest BCUT2D eigenvalue weighted by molar-refractivity contribution is 5.77. The Hall–Kier alpha value is -2.16. The second-order valence-corrected chi connectivity index (χ2v) is 3.96. The van der Waals surface area contributed by atoms with Crippen LogP contribution < -0.4 is 5.32 Å². The number of amides is 1. The maximum Gasteiger partial charge on any atom is 0.211 e. The van der Waals surface area contributed by atoms with Crippen LogP contribution in [0.15, 0.2) is 36.5 Å². The van der Waals surface area contributed by atoms with Gasteiger partial charge in [0.05, 0.1) is 5.69 Å². The van der Waals surface area contributed by atoms with Crippen LogP contribution in [0.2, 0.25) is 0 Å². The first-order valence-corrected chi connectivity index (χ1v) is 5.45. The van der Waals surface area contributed by atoms with Gasteiger partial charge in [-0.2, -0.15) is 0 Å². The average molecular weight is 226 g/mol. The topological polar surface area (TPSA) is 42.0 Å². The highest BCUT2D eigenvalue weighted by atomic mass is 16.1. The Morgan fingerprint density at radius 3 is 2.71 bits per heavy atom. The van der Waals surface area contributed by atoms with Crippen molar-refractivity contribution >= 4 is 12.1 Å². The van der Waals surface area contributed by atoms with E-state index in [0.29, 0.717) is 6.41 Å². The number of benzene rings is 1. The quantitative estimate of drug-likeness (QED) is 0.817. The van der Waals surface area contributed by atoms with Gasteiger partial charge in [-0.25, -0.2) is 0 Å².